The van der Waals surface area contributed by atoms with Crippen LogP contribution in [0, 0.1) is 5.92 Å². The van der Waals surface area contributed by atoms with Gasteiger partial charge in [-0.15, -0.1) is 0 Å². The topological polar surface area (TPSA) is 62.3 Å². The monoisotopic (exact) mass is 269 g/mol. The summed E-state index contributed by atoms with van der Waals surface area (Å²) in [5.41, 5.74) is 0. The van der Waals surface area contributed by atoms with E-state index in [1.807, 2.05) is 7.05 Å². The number of sulfonamides is 1. The van der Waals surface area contributed by atoms with Crippen LogP contribution in [-0.4, -0.2) is 44.4 Å². The molecule has 0 aliphatic carbocycles. The molecule has 1 saturated heterocycles. The van der Waals surface area contributed by atoms with Crippen LogP contribution in [0.5, 0.6) is 0 Å². The van der Waals surface area contributed by atoms with E-state index in [0.29, 0.717) is 19.0 Å². The zero-order valence-corrected chi connectivity index (χ0v) is 11.4. The van der Waals surface area contributed by atoms with Gasteiger partial charge in [0.1, 0.15) is 4.90 Å². The largest absolute Gasteiger partial charge is 0.319 e. The Hall–Kier alpha value is -0.980. The van der Waals surface area contributed by atoms with Gasteiger partial charge in [0.05, 0.1) is 0 Å². The summed E-state index contributed by atoms with van der Waals surface area (Å²) in [5, 5.41) is 3.12. The van der Waals surface area contributed by atoms with Gasteiger partial charge in [-0.05, 0) is 44.5 Å². The fraction of sp³-hybridized carbons (Fsp3) is 0.583. The lowest BCUT2D eigenvalue weighted by Gasteiger charge is -2.31. The van der Waals surface area contributed by atoms with Gasteiger partial charge in [0.15, 0.2) is 0 Å². The minimum atomic E-state index is -3.37. The highest BCUT2D eigenvalue weighted by Gasteiger charge is 2.29. The maximum absolute atomic E-state index is 12.4. The Bertz CT molecular complexity index is 473. The van der Waals surface area contributed by atoms with Gasteiger partial charge in [-0.3, -0.25) is 4.98 Å². The Balaban J connectivity index is 2.15. The zero-order valence-electron chi connectivity index (χ0n) is 10.5. The molecule has 1 fully saturated rings. The smallest absolute Gasteiger partial charge is 0.244 e. The van der Waals surface area contributed by atoms with Crippen LogP contribution in [-0.2, 0) is 10.0 Å². The maximum Gasteiger partial charge on any atom is 0.244 e. The van der Waals surface area contributed by atoms with Gasteiger partial charge in [-0.1, -0.05) is 0 Å². The molecule has 0 bridgehead atoms. The summed E-state index contributed by atoms with van der Waals surface area (Å²) >= 11 is 0. The van der Waals surface area contributed by atoms with Crippen molar-refractivity contribution in [2.75, 3.05) is 26.7 Å². The molecule has 0 amide bonds. The molecule has 18 heavy (non-hydrogen) atoms. The first-order valence-electron chi connectivity index (χ1n) is 6.19. The fourth-order valence-corrected chi connectivity index (χ4v) is 3.87. The molecule has 100 valence electrons. The third-order valence-electron chi connectivity index (χ3n) is 3.25. The lowest BCUT2D eigenvalue weighted by Crippen LogP contribution is -2.42. The van der Waals surface area contributed by atoms with Gasteiger partial charge in [0.2, 0.25) is 10.0 Å². The SMILES string of the molecule is CNC[C@H]1CCCN(S(=O)(=O)c2cccnc2)C1. The van der Waals surface area contributed by atoms with Crippen molar-refractivity contribution >= 4 is 10.0 Å². The average molecular weight is 269 g/mol. The predicted octanol–water partition coefficient (Wildman–Crippen LogP) is 0.702. The fourth-order valence-electron chi connectivity index (χ4n) is 2.35. The highest BCUT2D eigenvalue weighted by atomic mass is 32.2. The first-order chi connectivity index (χ1) is 8.64. The second kappa shape index (κ2) is 5.77. The summed E-state index contributed by atoms with van der Waals surface area (Å²) in [6, 6.07) is 3.26. The van der Waals surface area contributed by atoms with Crippen molar-refractivity contribution in [3.05, 3.63) is 24.5 Å². The van der Waals surface area contributed by atoms with Crippen LogP contribution in [0.1, 0.15) is 12.8 Å². The molecule has 2 heterocycles. The first kappa shape index (κ1) is 13.5. The van der Waals surface area contributed by atoms with E-state index >= 15 is 0 Å². The van der Waals surface area contributed by atoms with Gasteiger partial charge in [0.25, 0.3) is 0 Å². The van der Waals surface area contributed by atoms with Crippen molar-refractivity contribution in [1.82, 2.24) is 14.6 Å². The molecule has 1 N–H and O–H groups in total. The van der Waals surface area contributed by atoms with E-state index in [2.05, 4.69) is 10.3 Å². The molecule has 1 aromatic rings. The molecule has 0 radical (unpaired) electrons. The number of hydrogen-bond acceptors (Lipinski definition) is 4. The molecule has 1 aliphatic heterocycles. The molecule has 1 atom stereocenters. The molecular weight excluding hydrogens is 250 g/mol. The molecule has 6 heteroatoms. The Morgan fingerprint density at radius 2 is 2.39 bits per heavy atom. The highest BCUT2D eigenvalue weighted by molar-refractivity contribution is 7.89. The Morgan fingerprint density at radius 3 is 3.06 bits per heavy atom. The predicted molar refractivity (Wildman–Crippen MR) is 69.6 cm³/mol. The van der Waals surface area contributed by atoms with Crippen molar-refractivity contribution in [1.29, 1.82) is 0 Å². The van der Waals surface area contributed by atoms with E-state index in [-0.39, 0.29) is 4.90 Å². The van der Waals surface area contributed by atoms with E-state index in [9.17, 15) is 8.42 Å². The molecule has 1 aromatic heterocycles. The average Bonchev–Trinajstić information content (AvgIpc) is 2.40. The van der Waals surface area contributed by atoms with Crippen LogP contribution >= 0.6 is 0 Å². The molecule has 5 nitrogen and oxygen atoms in total. The van der Waals surface area contributed by atoms with E-state index in [0.717, 1.165) is 19.4 Å². The van der Waals surface area contributed by atoms with Gasteiger partial charge in [-0.2, -0.15) is 4.31 Å². The molecular formula is C12H19N3O2S. The molecule has 0 saturated carbocycles. The maximum atomic E-state index is 12.4. The third kappa shape index (κ3) is 2.88. The quantitative estimate of drug-likeness (QED) is 0.874. The van der Waals surface area contributed by atoms with Crippen LogP contribution in [0.4, 0.5) is 0 Å². The van der Waals surface area contributed by atoms with Crippen LogP contribution in [0.25, 0.3) is 0 Å². The first-order valence-corrected chi connectivity index (χ1v) is 7.63. The summed E-state index contributed by atoms with van der Waals surface area (Å²) < 4.78 is 26.4. The summed E-state index contributed by atoms with van der Waals surface area (Å²) in [5.74, 6) is 0.398. The Labute approximate surface area is 108 Å². The standard InChI is InChI=1S/C12H19N3O2S/c1-13-8-11-4-3-7-15(10-11)18(16,17)12-5-2-6-14-9-12/h2,5-6,9,11,13H,3-4,7-8,10H2,1H3/t11-/m1/s1. The summed E-state index contributed by atoms with van der Waals surface area (Å²) in [6.45, 7) is 2.06. The number of rotatable bonds is 4. The van der Waals surface area contributed by atoms with Crippen LogP contribution in [0.15, 0.2) is 29.4 Å². The number of pyridine rings is 1. The highest BCUT2D eigenvalue weighted by Crippen LogP contribution is 2.22. The zero-order chi connectivity index (χ0) is 13.0. The lowest BCUT2D eigenvalue weighted by atomic mass is 10.00. The molecule has 0 spiro atoms. The van der Waals surface area contributed by atoms with Crippen LogP contribution < -0.4 is 5.32 Å². The van der Waals surface area contributed by atoms with E-state index < -0.39 is 10.0 Å². The number of piperidine rings is 1. The van der Waals surface area contributed by atoms with Crippen molar-refractivity contribution in [3.63, 3.8) is 0 Å². The van der Waals surface area contributed by atoms with Crippen molar-refractivity contribution < 1.29 is 8.42 Å². The molecule has 0 aromatic carbocycles. The number of hydrogen-bond donors (Lipinski definition) is 1. The summed E-state index contributed by atoms with van der Waals surface area (Å²) in [7, 11) is -1.47. The molecule has 1 aliphatic rings. The van der Waals surface area contributed by atoms with Crippen molar-refractivity contribution in [2.45, 2.75) is 17.7 Å². The third-order valence-corrected chi connectivity index (χ3v) is 5.10. The minimum Gasteiger partial charge on any atom is -0.319 e. The molecule has 2 rings (SSSR count). The molecule has 0 unspecified atom stereocenters. The van der Waals surface area contributed by atoms with Gasteiger partial charge >= 0.3 is 0 Å². The normalized spacial score (nSPS) is 21.9. The van der Waals surface area contributed by atoms with Gasteiger partial charge < -0.3 is 5.32 Å². The Morgan fingerprint density at radius 1 is 1.56 bits per heavy atom. The van der Waals surface area contributed by atoms with Crippen molar-refractivity contribution in [3.8, 4) is 0 Å². The summed E-state index contributed by atoms with van der Waals surface area (Å²) in [4.78, 5) is 4.17. The number of aromatic nitrogens is 1. The number of nitrogens with one attached hydrogen (secondary N) is 1. The van der Waals surface area contributed by atoms with Gasteiger partial charge in [0, 0.05) is 25.5 Å². The minimum absolute atomic E-state index is 0.287. The van der Waals surface area contributed by atoms with Crippen molar-refractivity contribution in [2.24, 2.45) is 5.92 Å². The van der Waals surface area contributed by atoms with Gasteiger partial charge in [-0.25, -0.2) is 8.42 Å². The summed E-state index contributed by atoms with van der Waals surface area (Å²) in [6.07, 6.45) is 5.00. The number of nitrogens with zero attached hydrogens (tertiary/aromatic N) is 2. The second-order valence-corrected chi connectivity index (χ2v) is 6.56. The van der Waals surface area contributed by atoms with E-state index in [1.54, 1.807) is 22.6 Å². The Kier molecular flexibility index (Phi) is 4.31. The van der Waals surface area contributed by atoms with Crippen LogP contribution in [0.2, 0.25) is 0 Å². The van der Waals surface area contributed by atoms with E-state index in [4.69, 9.17) is 0 Å². The lowest BCUT2D eigenvalue weighted by molar-refractivity contribution is 0.263. The van der Waals surface area contributed by atoms with E-state index in [1.165, 1.54) is 6.20 Å². The van der Waals surface area contributed by atoms with Crippen LogP contribution in [0.3, 0.4) is 0 Å². The second-order valence-electron chi connectivity index (χ2n) is 4.62.